The Morgan fingerprint density at radius 1 is 1.33 bits per heavy atom. The van der Waals surface area contributed by atoms with Crippen molar-refractivity contribution in [2.75, 3.05) is 33.7 Å². The largest absolute Gasteiger partial charge is 0.344 e. The van der Waals surface area contributed by atoms with Gasteiger partial charge in [-0.15, -0.1) is 32.9 Å². The number of fused-ring (bicyclic) bond motifs is 2. The highest BCUT2D eigenvalue weighted by molar-refractivity contribution is 7.14. The Hall–Kier alpha value is -3.14. The first kappa shape index (κ1) is 24.5. The Bertz CT molecular complexity index is 1290. The number of carbonyl (C=O) groups is 2. The van der Waals surface area contributed by atoms with Gasteiger partial charge in [0.2, 0.25) is 5.91 Å². The molecule has 0 aromatic carbocycles. The number of carbonyl (C=O) groups excluding carboxylic acids is 2. The van der Waals surface area contributed by atoms with E-state index in [-0.39, 0.29) is 24.4 Å². The minimum atomic E-state index is -0.700. The number of aryl methyl sites for hydroxylation is 2. The third-order valence-electron chi connectivity index (χ3n) is 7.07. The predicted molar refractivity (Wildman–Crippen MR) is 136 cm³/mol. The quantitative estimate of drug-likeness (QED) is 0.452. The molecule has 0 spiro atoms. The topological polar surface area (TPSA) is 131 Å². The molecule has 0 saturated carbocycles. The summed E-state index contributed by atoms with van der Waals surface area (Å²) in [4.78, 5) is 32.0. The van der Waals surface area contributed by atoms with Gasteiger partial charge in [-0.05, 0) is 67.3 Å². The zero-order valence-corrected chi connectivity index (χ0v) is 21.9. The van der Waals surface area contributed by atoms with E-state index in [4.69, 9.17) is 0 Å². The van der Waals surface area contributed by atoms with Crippen LogP contribution in [0.4, 0.5) is 0 Å². The van der Waals surface area contributed by atoms with Gasteiger partial charge in [-0.3, -0.25) is 9.59 Å². The number of aromatic amines is 1. The molecule has 36 heavy (non-hydrogen) atoms. The van der Waals surface area contributed by atoms with Crippen LogP contribution in [0.25, 0.3) is 0 Å². The molecule has 5 rings (SSSR count). The van der Waals surface area contributed by atoms with Crippen molar-refractivity contribution < 1.29 is 9.59 Å². The number of aromatic nitrogens is 4. The molecule has 2 unspecified atom stereocenters. The molecule has 2 amide bonds. The van der Waals surface area contributed by atoms with Crippen LogP contribution < -0.4 is 5.32 Å². The van der Waals surface area contributed by atoms with Crippen LogP contribution in [-0.2, 0) is 23.1 Å². The van der Waals surface area contributed by atoms with Crippen molar-refractivity contribution in [3.05, 3.63) is 49.1 Å². The van der Waals surface area contributed by atoms with Crippen LogP contribution in [0.15, 0.2) is 17.5 Å². The summed E-state index contributed by atoms with van der Waals surface area (Å²) >= 11 is 3.26. The molecule has 10 nitrogen and oxygen atoms in total. The fraction of sp³-hybridized carbons (Fsp3) is 0.500. The monoisotopic (exact) mass is 524 g/mol. The van der Waals surface area contributed by atoms with E-state index in [1.165, 1.54) is 16.2 Å². The van der Waals surface area contributed by atoms with Gasteiger partial charge in [-0.25, -0.2) is 0 Å². The maximum atomic E-state index is 12.9. The van der Waals surface area contributed by atoms with Gasteiger partial charge in [0.25, 0.3) is 5.91 Å². The normalized spacial score (nSPS) is 20.9. The first-order chi connectivity index (χ1) is 17.5. The number of hydrogen-bond donors (Lipinski definition) is 2. The number of likely N-dealkylation sites (tertiary alicyclic amines) is 1. The summed E-state index contributed by atoms with van der Waals surface area (Å²) in [6.07, 6.45) is 3.90. The third kappa shape index (κ3) is 4.21. The number of nitrogens with zero attached hydrogens (tertiary/aromatic N) is 6. The number of amides is 2. The molecule has 2 N–H and O–H groups in total. The summed E-state index contributed by atoms with van der Waals surface area (Å²) in [5.74, 6) is 0.478. The highest BCUT2D eigenvalue weighted by Gasteiger charge is 2.46. The van der Waals surface area contributed by atoms with Gasteiger partial charge >= 0.3 is 0 Å². The lowest BCUT2D eigenvalue weighted by Gasteiger charge is -2.31. The fourth-order valence-corrected chi connectivity index (χ4v) is 7.54. The van der Waals surface area contributed by atoms with Crippen LogP contribution in [0, 0.1) is 11.3 Å². The molecule has 12 heteroatoms. The lowest BCUT2D eigenvalue weighted by molar-refractivity contribution is -0.130. The Morgan fingerprint density at radius 3 is 2.92 bits per heavy atom. The lowest BCUT2D eigenvalue weighted by atomic mass is 9.72. The van der Waals surface area contributed by atoms with Gasteiger partial charge in [-0.2, -0.15) is 10.5 Å². The number of nitriles is 1. The summed E-state index contributed by atoms with van der Waals surface area (Å²) < 4.78 is 0. The summed E-state index contributed by atoms with van der Waals surface area (Å²) in [5, 5.41) is 30.1. The Morgan fingerprint density at radius 2 is 2.17 bits per heavy atom. The molecule has 2 atom stereocenters. The van der Waals surface area contributed by atoms with Crippen molar-refractivity contribution >= 4 is 34.5 Å². The number of tetrazole rings is 1. The van der Waals surface area contributed by atoms with E-state index >= 15 is 0 Å². The maximum absolute atomic E-state index is 12.9. The molecule has 1 saturated heterocycles. The minimum absolute atomic E-state index is 0.0259. The lowest BCUT2D eigenvalue weighted by Crippen LogP contribution is -2.42. The number of H-pyrrole nitrogens is 1. The van der Waals surface area contributed by atoms with Crippen LogP contribution in [0.1, 0.15) is 55.6 Å². The molecule has 4 heterocycles. The van der Waals surface area contributed by atoms with Crippen molar-refractivity contribution in [1.29, 1.82) is 5.26 Å². The SMILES string of the molecule is CN(C)C(=O)c1cc2c(s1)CCc1sccc1C2(CCNCC(=O)N1CCCC1C#N)c1nn[nH]n1. The van der Waals surface area contributed by atoms with Crippen molar-refractivity contribution in [2.45, 2.75) is 43.6 Å². The fourth-order valence-electron chi connectivity index (χ4n) is 5.32. The summed E-state index contributed by atoms with van der Waals surface area (Å²) in [7, 11) is 3.52. The summed E-state index contributed by atoms with van der Waals surface area (Å²) in [6.45, 7) is 1.31. The summed E-state index contributed by atoms with van der Waals surface area (Å²) in [6, 6.07) is 6.02. The van der Waals surface area contributed by atoms with E-state index in [1.54, 1.807) is 35.2 Å². The Balaban J connectivity index is 1.47. The van der Waals surface area contributed by atoms with Crippen LogP contribution in [0.3, 0.4) is 0 Å². The number of hydrogen-bond acceptors (Lipinski definition) is 9. The van der Waals surface area contributed by atoms with Crippen LogP contribution >= 0.6 is 22.7 Å². The van der Waals surface area contributed by atoms with Crippen molar-refractivity contribution in [1.82, 2.24) is 35.7 Å². The Labute approximate surface area is 217 Å². The minimum Gasteiger partial charge on any atom is -0.344 e. The number of thiophene rings is 2. The third-order valence-corrected chi connectivity index (χ3v) is 9.24. The molecular formula is C24H28N8O2S2. The molecule has 2 aliphatic rings. The van der Waals surface area contributed by atoms with Crippen molar-refractivity contribution in [2.24, 2.45) is 0 Å². The molecule has 0 radical (unpaired) electrons. The van der Waals surface area contributed by atoms with Crippen LogP contribution in [-0.4, -0.2) is 82.0 Å². The van der Waals surface area contributed by atoms with E-state index < -0.39 is 5.41 Å². The van der Waals surface area contributed by atoms with Gasteiger partial charge in [0.05, 0.1) is 22.9 Å². The molecule has 1 fully saturated rings. The van der Waals surface area contributed by atoms with E-state index in [1.807, 2.05) is 6.07 Å². The van der Waals surface area contributed by atoms with Crippen molar-refractivity contribution in [3.63, 3.8) is 0 Å². The van der Waals surface area contributed by atoms with E-state index in [2.05, 4.69) is 43.5 Å². The standard InChI is InChI=1S/C24H28N8O2S2/c1-31(2)22(34)20-12-17-19(36-20)6-5-18-16(7-11-35-18)24(17,23-27-29-30-28-23)8-9-26-14-21(33)32-10-3-4-15(32)13-25/h7,11-12,15,26H,3-6,8-10,14H2,1-2H3,(H,27,28,29,30). The Kier molecular flexibility index (Phi) is 6.87. The molecule has 188 valence electrons. The van der Waals surface area contributed by atoms with Crippen LogP contribution in [0.5, 0.6) is 0 Å². The van der Waals surface area contributed by atoms with Gasteiger partial charge in [0.1, 0.15) is 6.04 Å². The molecular weight excluding hydrogens is 496 g/mol. The molecule has 3 aromatic heterocycles. The first-order valence-electron chi connectivity index (χ1n) is 12.0. The van der Waals surface area contributed by atoms with Gasteiger partial charge < -0.3 is 15.1 Å². The van der Waals surface area contributed by atoms with Gasteiger partial charge in [0.15, 0.2) is 5.82 Å². The summed E-state index contributed by atoms with van der Waals surface area (Å²) in [5.41, 5.74) is 1.47. The molecule has 3 aromatic rings. The van der Waals surface area contributed by atoms with Crippen LogP contribution in [0.2, 0.25) is 0 Å². The second-order valence-electron chi connectivity index (χ2n) is 9.35. The number of rotatable bonds is 7. The zero-order valence-electron chi connectivity index (χ0n) is 20.3. The first-order valence-corrected chi connectivity index (χ1v) is 13.7. The predicted octanol–water partition coefficient (Wildman–Crippen LogP) is 1.95. The van der Waals surface area contributed by atoms with E-state index in [9.17, 15) is 14.9 Å². The second-order valence-corrected chi connectivity index (χ2v) is 11.5. The van der Waals surface area contributed by atoms with Crippen molar-refractivity contribution in [3.8, 4) is 6.07 Å². The molecule has 1 aliphatic carbocycles. The highest BCUT2D eigenvalue weighted by Crippen LogP contribution is 2.49. The molecule has 1 aliphatic heterocycles. The molecule has 0 bridgehead atoms. The van der Waals surface area contributed by atoms with Gasteiger partial charge in [-0.1, -0.05) is 5.21 Å². The average molecular weight is 525 g/mol. The second kappa shape index (κ2) is 10.1. The van der Waals surface area contributed by atoms with E-state index in [0.29, 0.717) is 30.2 Å². The smallest absolute Gasteiger partial charge is 0.263 e. The van der Waals surface area contributed by atoms with E-state index in [0.717, 1.165) is 41.7 Å². The zero-order chi connectivity index (χ0) is 25.3. The number of nitrogens with one attached hydrogen (secondary N) is 2. The highest BCUT2D eigenvalue weighted by atomic mass is 32.1. The maximum Gasteiger partial charge on any atom is 0.263 e. The van der Waals surface area contributed by atoms with Gasteiger partial charge in [0, 0.05) is 30.4 Å². The average Bonchev–Trinajstić information content (AvgIpc) is 3.68.